The van der Waals surface area contributed by atoms with Crippen LogP contribution in [0.2, 0.25) is 5.02 Å². The molecule has 1 unspecified atom stereocenters. The number of carbonyl (C=O) groups is 2. The van der Waals surface area contributed by atoms with Crippen molar-refractivity contribution in [2.45, 2.75) is 25.8 Å². The molecule has 2 aliphatic heterocycles. The van der Waals surface area contributed by atoms with E-state index in [0.717, 1.165) is 25.9 Å². The molecule has 198 valence electrons. The second kappa shape index (κ2) is 12.4. The van der Waals surface area contributed by atoms with Crippen LogP contribution in [-0.4, -0.2) is 79.7 Å². The predicted octanol–water partition coefficient (Wildman–Crippen LogP) is 4.28. The first-order valence-electron chi connectivity index (χ1n) is 12.6. The highest BCUT2D eigenvalue weighted by atomic mass is 35.5. The van der Waals surface area contributed by atoms with Crippen LogP contribution in [-0.2, 0) is 14.3 Å². The molecule has 8 nitrogen and oxygen atoms in total. The van der Waals surface area contributed by atoms with Crippen molar-refractivity contribution in [1.82, 2.24) is 9.80 Å². The summed E-state index contributed by atoms with van der Waals surface area (Å²) in [6.45, 7) is 6.34. The predicted molar refractivity (Wildman–Crippen MR) is 141 cm³/mol. The number of amides is 1. The molecule has 0 bridgehead atoms. The molecule has 9 heteroatoms. The first-order valence-corrected chi connectivity index (χ1v) is 13.0. The average molecular weight is 529 g/mol. The van der Waals surface area contributed by atoms with Gasteiger partial charge in [-0.05, 0) is 48.4 Å². The standard InChI is InChI=1S/C28H33ClN2O6/c1-3-4-15-37-22-10-7-20(18-23(22)35-2)25-24(26(32)19-5-8-21(29)9-6-19)27(33)28(34)31(25)12-11-30-13-16-36-17-14-30/h5-10,18,25,32H,3-4,11-17H2,1-2H3. The molecule has 37 heavy (non-hydrogen) atoms. The van der Waals surface area contributed by atoms with Crippen molar-refractivity contribution >= 4 is 29.1 Å². The van der Waals surface area contributed by atoms with E-state index >= 15 is 0 Å². The van der Waals surface area contributed by atoms with Crippen LogP contribution in [0.25, 0.3) is 5.76 Å². The molecule has 0 radical (unpaired) electrons. The Hall–Kier alpha value is -3.07. The summed E-state index contributed by atoms with van der Waals surface area (Å²) in [5.41, 5.74) is 1.10. The highest BCUT2D eigenvalue weighted by Gasteiger charge is 2.46. The SMILES string of the molecule is CCCCOc1ccc(C2C(=C(O)c3ccc(Cl)cc3)C(=O)C(=O)N2CCN2CCOCC2)cc1OC. The number of aliphatic hydroxyl groups excluding tert-OH is 1. The highest BCUT2D eigenvalue weighted by molar-refractivity contribution is 6.46. The maximum absolute atomic E-state index is 13.3. The molecule has 1 N–H and O–H groups in total. The number of Topliss-reactive ketones (excluding diaryl/α,β-unsaturated/α-hetero) is 1. The van der Waals surface area contributed by atoms with Crippen molar-refractivity contribution in [2.24, 2.45) is 0 Å². The lowest BCUT2D eigenvalue weighted by molar-refractivity contribution is -0.140. The summed E-state index contributed by atoms with van der Waals surface area (Å²) in [7, 11) is 1.55. The molecule has 0 aromatic heterocycles. The smallest absolute Gasteiger partial charge is 0.295 e. The normalized spacial score (nSPS) is 19.9. The van der Waals surface area contributed by atoms with E-state index in [1.165, 1.54) is 4.90 Å². The molecule has 1 atom stereocenters. The van der Waals surface area contributed by atoms with Crippen molar-refractivity contribution in [3.05, 3.63) is 64.2 Å². The van der Waals surface area contributed by atoms with Gasteiger partial charge in [0.2, 0.25) is 0 Å². The van der Waals surface area contributed by atoms with Gasteiger partial charge in [-0.1, -0.05) is 31.0 Å². The number of nitrogens with zero attached hydrogens (tertiary/aromatic N) is 2. The maximum atomic E-state index is 13.3. The summed E-state index contributed by atoms with van der Waals surface area (Å²) < 4.78 is 16.9. The Balaban J connectivity index is 1.73. The van der Waals surface area contributed by atoms with Crippen LogP contribution in [0.5, 0.6) is 11.5 Å². The van der Waals surface area contributed by atoms with Crippen LogP contribution in [0, 0.1) is 0 Å². The van der Waals surface area contributed by atoms with Crippen molar-refractivity contribution in [1.29, 1.82) is 0 Å². The lowest BCUT2D eigenvalue weighted by Crippen LogP contribution is -2.42. The molecule has 1 amide bonds. The van der Waals surface area contributed by atoms with Gasteiger partial charge < -0.3 is 24.2 Å². The molecule has 2 aliphatic rings. The minimum Gasteiger partial charge on any atom is -0.507 e. The number of hydrogen-bond donors (Lipinski definition) is 1. The molecule has 4 rings (SSSR count). The van der Waals surface area contributed by atoms with Gasteiger partial charge in [0.15, 0.2) is 11.5 Å². The number of carbonyl (C=O) groups excluding carboxylic acids is 2. The van der Waals surface area contributed by atoms with E-state index in [1.807, 2.05) is 6.07 Å². The topological polar surface area (TPSA) is 88.5 Å². The largest absolute Gasteiger partial charge is 0.507 e. The Kier molecular flexibility index (Phi) is 9.08. The average Bonchev–Trinajstić information content (AvgIpc) is 3.17. The molecule has 2 saturated heterocycles. The summed E-state index contributed by atoms with van der Waals surface area (Å²) in [5, 5.41) is 11.7. The molecule has 0 spiro atoms. The molecular weight excluding hydrogens is 496 g/mol. The third-order valence-corrected chi connectivity index (χ3v) is 6.93. The number of morpholine rings is 1. The van der Waals surface area contributed by atoms with Crippen LogP contribution in [0.3, 0.4) is 0 Å². The number of methoxy groups -OCH3 is 1. The van der Waals surface area contributed by atoms with Gasteiger partial charge in [0.25, 0.3) is 11.7 Å². The minimum absolute atomic E-state index is 0.0380. The van der Waals surface area contributed by atoms with Crippen molar-refractivity contribution in [2.75, 3.05) is 53.1 Å². The van der Waals surface area contributed by atoms with E-state index in [0.29, 0.717) is 60.6 Å². The molecule has 2 aromatic carbocycles. The second-order valence-electron chi connectivity index (χ2n) is 9.07. The number of aliphatic hydroxyl groups is 1. The summed E-state index contributed by atoms with van der Waals surface area (Å²) in [5.74, 6) is -0.518. The fraction of sp³-hybridized carbons (Fsp3) is 0.429. The van der Waals surface area contributed by atoms with Gasteiger partial charge in [0.1, 0.15) is 5.76 Å². The van der Waals surface area contributed by atoms with Crippen LogP contribution < -0.4 is 9.47 Å². The number of benzene rings is 2. The Morgan fingerprint density at radius 2 is 1.81 bits per heavy atom. The van der Waals surface area contributed by atoms with Crippen LogP contribution in [0.4, 0.5) is 0 Å². The van der Waals surface area contributed by atoms with E-state index in [4.69, 9.17) is 25.8 Å². The van der Waals surface area contributed by atoms with Gasteiger partial charge in [0, 0.05) is 36.8 Å². The molecule has 0 saturated carbocycles. The Labute approximate surface area is 222 Å². The summed E-state index contributed by atoms with van der Waals surface area (Å²) in [6.07, 6.45) is 1.91. The fourth-order valence-electron chi connectivity index (χ4n) is 4.59. The number of ether oxygens (including phenoxy) is 3. The van der Waals surface area contributed by atoms with Gasteiger partial charge in [-0.25, -0.2) is 0 Å². The summed E-state index contributed by atoms with van der Waals surface area (Å²) in [6, 6.07) is 11.1. The zero-order chi connectivity index (χ0) is 26.4. The monoisotopic (exact) mass is 528 g/mol. The van der Waals surface area contributed by atoms with E-state index < -0.39 is 17.7 Å². The maximum Gasteiger partial charge on any atom is 0.295 e. The van der Waals surface area contributed by atoms with E-state index in [9.17, 15) is 14.7 Å². The molecular formula is C28H33ClN2O6. The molecule has 2 heterocycles. The van der Waals surface area contributed by atoms with Gasteiger partial charge in [-0.3, -0.25) is 14.5 Å². The van der Waals surface area contributed by atoms with E-state index in [1.54, 1.807) is 43.5 Å². The minimum atomic E-state index is -0.782. The van der Waals surface area contributed by atoms with Crippen molar-refractivity contribution in [3.63, 3.8) is 0 Å². The summed E-state index contributed by atoms with van der Waals surface area (Å²) in [4.78, 5) is 30.3. The second-order valence-corrected chi connectivity index (χ2v) is 9.50. The van der Waals surface area contributed by atoms with E-state index in [2.05, 4.69) is 11.8 Å². The molecule has 2 fully saturated rings. The van der Waals surface area contributed by atoms with Crippen LogP contribution in [0.15, 0.2) is 48.0 Å². The fourth-order valence-corrected chi connectivity index (χ4v) is 4.72. The number of ketones is 1. The highest BCUT2D eigenvalue weighted by Crippen LogP contribution is 2.42. The van der Waals surface area contributed by atoms with Crippen LogP contribution in [0.1, 0.15) is 36.9 Å². The summed E-state index contributed by atoms with van der Waals surface area (Å²) >= 11 is 6.02. The van der Waals surface area contributed by atoms with Crippen molar-refractivity contribution < 1.29 is 28.9 Å². The van der Waals surface area contributed by atoms with Gasteiger partial charge in [-0.15, -0.1) is 0 Å². The lowest BCUT2D eigenvalue weighted by Gasteiger charge is -2.31. The number of hydrogen-bond acceptors (Lipinski definition) is 7. The third kappa shape index (κ3) is 6.09. The number of unbranched alkanes of at least 4 members (excludes halogenated alkanes) is 1. The van der Waals surface area contributed by atoms with Crippen LogP contribution >= 0.6 is 11.6 Å². The Morgan fingerprint density at radius 1 is 1.08 bits per heavy atom. The zero-order valence-electron chi connectivity index (χ0n) is 21.2. The molecule has 2 aromatic rings. The van der Waals surface area contributed by atoms with Gasteiger partial charge in [-0.2, -0.15) is 0 Å². The van der Waals surface area contributed by atoms with Crippen molar-refractivity contribution in [3.8, 4) is 11.5 Å². The first kappa shape index (κ1) is 27.0. The molecule has 0 aliphatic carbocycles. The van der Waals surface area contributed by atoms with Gasteiger partial charge in [0.05, 0.1) is 38.5 Å². The number of rotatable bonds is 10. The number of likely N-dealkylation sites (tertiary alicyclic amines) is 1. The zero-order valence-corrected chi connectivity index (χ0v) is 22.0. The number of halogens is 1. The lowest BCUT2D eigenvalue weighted by atomic mass is 9.95. The van der Waals surface area contributed by atoms with E-state index in [-0.39, 0.29) is 11.3 Å². The quantitative estimate of drug-likeness (QED) is 0.213. The first-order chi connectivity index (χ1) is 17.9. The van der Waals surface area contributed by atoms with Gasteiger partial charge >= 0.3 is 0 Å². The third-order valence-electron chi connectivity index (χ3n) is 6.68. The Bertz CT molecular complexity index is 1140. The Morgan fingerprint density at radius 3 is 2.49 bits per heavy atom.